The molecule has 1 aromatic carbocycles. The number of nitrogens with zero attached hydrogens (tertiary/aromatic N) is 3. The lowest BCUT2D eigenvalue weighted by Gasteiger charge is -2.33. The highest BCUT2D eigenvalue weighted by Gasteiger charge is 2.20. The molecule has 1 fully saturated rings. The third kappa shape index (κ3) is 5.13. The summed E-state index contributed by atoms with van der Waals surface area (Å²) in [6.07, 6.45) is 5.66. The zero-order valence-electron chi connectivity index (χ0n) is 17.6. The molecule has 6 heteroatoms. The third-order valence-corrected chi connectivity index (χ3v) is 5.37. The van der Waals surface area contributed by atoms with Gasteiger partial charge in [-0.1, -0.05) is 19.4 Å². The lowest BCUT2D eigenvalue weighted by atomic mass is 10.1. The van der Waals surface area contributed by atoms with Gasteiger partial charge in [0.15, 0.2) is 0 Å². The maximum atomic E-state index is 5.45. The lowest BCUT2D eigenvalue weighted by molar-refractivity contribution is 0.412. The number of rotatable bonds is 8. The van der Waals surface area contributed by atoms with Gasteiger partial charge in [0, 0.05) is 42.6 Å². The van der Waals surface area contributed by atoms with Crippen LogP contribution in [0.3, 0.4) is 0 Å². The van der Waals surface area contributed by atoms with Crippen LogP contribution in [0.2, 0.25) is 0 Å². The van der Waals surface area contributed by atoms with Crippen LogP contribution in [0.25, 0.3) is 0 Å². The SMILES string of the molecule is CCCCc1cc(N2CCC[C@@H](NC)C2)nc(Nc2ccc(C)c(OC)c2)n1. The van der Waals surface area contributed by atoms with Gasteiger partial charge in [-0.2, -0.15) is 4.98 Å². The molecule has 0 bridgehead atoms. The fourth-order valence-electron chi connectivity index (χ4n) is 3.63. The van der Waals surface area contributed by atoms with Crippen molar-refractivity contribution in [3.8, 4) is 5.75 Å². The van der Waals surface area contributed by atoms with E-state index in [0.29, 0.717) is 12.0 Å². The zero-order valence-corrected chi connectivity index (χ0v) is 17.6. The summed E-state index contributed by atoms with van der Waals surface area (Å²) in [5, 5.41) is 6.79. The third-order valence-electron chi connectivity index (χ3n) is 5.37. The molecule has 0 spiro atoms. The quantitative estimate of drug-likeness (QED) is 0.717. The second kappa shape index (κ2) is 9.73. The van der Waals surface area contributed by atoms with Crippen molar-refractivity contribution in [3.63, 3.8) is 0 Å². The normalized spacial score (nSPS) is 16.9. The molecule has 1 aromatic heterocycles. The van der Waals surface area contributed by atoms with Crippen LogP contribution >= 0.6 is 0 Å². The van der Waals surface area contributed by atoms with E-state index in [-0.39, 0.29) is 0 Å². The molecule has 152 valence electrons. The number of anilines is 3. The molecular weight excluding hydrogens is 350 g/mol. The molecule has 0 unspecified atom stereocenters. The van der Waals surface area contributed by atoms with Gasteiger partial charge in [0.1, 0.15) is 11.6 Å². The summed E-state index contributed by atoms with van der Waals surface area (Å²) in [5.41, 5.74) is 3.14. The van der Waals surface area contributed by atoms with Gasteiger partial charge in [-0.05, 0) is 51.3 Å². The van der Waals surface area contributed by atoms with Crippen molar-refractivity contribution < 1.29 is 4.74 Å². The van der Waals surface area contributed by atoms with Crippen LogP contribution in [-0.2, 0) is 6.42 Å². The Kier molecular flexibility index (Phi) is 7.09. The number of nitrogens with one attached hydrogen (secondary N) is 2. The standard InChI is InChI=1S/C22H33N5O/c1-5-6-8-17-14-21(27-12-7-9-19(15-27)23-3)26-22(24-17)25-18-11-10-16(2)20(13-18)28-4/h10-11,13-14,19,23H,5-9,12,15H2,1-4H3,(H,24,25,26)/t19-/m1/s1. The summed E-state index contributed by atoms with van der Waals surface area (Å²) in [7, 11) is 3.74. The Bertz CT molecular complexity index is 780. The van der Waals surface area contributed by atoms with Crippen molar-refractivity contribution >= 4 is 17.5 Å². The molecule has 28 heavy (non-hydrogen) atoms. The maximum absolute atomic E-state index is 5.45. The highest BCUT2D eigenvalue weighted by molar-refractivity contribution is 5.59. The van der Waals surface area contributed by atoms with E-state index in [1.807, 2.05) is 32.2 Å². The van der Waals surface area contributed by atoms with E-state index < -0.39 is 0 Å². The van der Waals surface area contributed by atoms with Gasteiger partial charge in [-0.25, -0.2) is 4.98 Å². The molecular formula is C22H33N5O. The monoisotopic (exact) mass is 383 g/mol. The number of hydrogen-bond acceptors (Lipinski definition) is 6. The second-order valence-corrected chi connectivity index (χ2v) is 7.53. The predicted molar refractivity (Wildman–Crippen MR) is 116 cm³/mol. The molecule has 0 amide bonds. The Hall–Kier alpha value is -2.34. The van der Waals surface area contributed by atoms with E-state index in [1.165, 1.54) is 12.8 Å². The number of ether oxygens (including phenoxy) is 1. The molecule has 1 aliphatic rings. The predicted octanol–water partition coefficient (Wildman–Crippen LogP) is 4.07. The van der Waals surface area contributed by atoms with Gasteiger partial charge in [0.25, 0.3) is 0 Å². The first kappa shape index (κ1) is 20.4. The minimum atomic E-state index is 0.514. The smallest absolute Gasteiger partial charge is 0.229 e. The van der Waals surface area contributed by atoms with E-state index in [0.717, 1.165) is 60.9 Å². The van der Waals surface area contributed by atoms with Crippen LogP contribution in [0.1, 0.15) is 43.9 Å². The number of likely N-dealkylation sites (N-methyl/N-ethyl adjacent to an activating group) is 1. The summed E-state index contributed by atoms with van der Waals surface area (Å²) >= 11 is 0. The Balaban J connectivity index is 1.87. The highest BCUT2D eigenvalue weighted by atomic mass is 16.5. The summed E-state index contributed by atoms with van der Waals surface area (Å²) in [4.78, 5) is 12.0. The van der Waals surface area contributed by atoms with Gasteiger partial charge in [0.2, 0.25) is 5.95 Å². The second-order valence-electron chi connectivity index (χ2n) is 7.53. The highest BCUT2D eigenvalue weighted by Crippen LogP contribution is 2.26. The zero-order chi connectivity index (χ0) is 19.9. The van der Waals surface area contributed by atoms with E-state index >= 15 is 0 Å². The molecule has 0 aliphatic carbocycles. The van der Waals surface area contributed by atoms with Gasteiger partial charge in [-0.15, -0.1) is 0 Å². The molecule has 1 saturated heterocycles. The topological polar surface area (TPSA) is 62.3 Å². The van der Waals surface area contributed by atoms with E-state index in [9.17, 15) is 0 Å². The number of unbranched alkanes of at least 4 members (excludes halogenated alkanes) is 1. The fraction of sp³-hybridized carbons (Fsp3) is 0.545. The number of piperidine rings is 1. The first-order valence-corrected chi connectivity index (χ1v) is 10.3. The number of aromatic nitrogens is 2. The summed E-state index contributed by atoms with van der Waals surface area (Å²) in [5.74, 6) is 2.53. The molecule has 2 N–H and O–H groups in total. The first-order chi connectivity index (χ1) is 13.6. The Morgan fingerprint density at radius 3 is 2.86 bits per heavy atom. The largest absolute Gasteiger partial charge is 0.496 e. The average molecular weight is 384 g/mol. The summed E-state index contributed by atoms with van der Waals surface area (Å²) < 4.78 is 5.45. The molecule has 0 saturated carbocycles. The van der Waals surface area contributed by atoms with Crippen molar-refractivity contribution in [1.82, 2.24) is 15.3 Å². The van der Waals surface area contributed by atoms with Crippen LogP contribution in [-0.4, -0.2) is 43.3 Å². The van der Waals surface area contributed by atoms with Crippen molar-refractivity contribution in [2.75, 3.05) is 37.5 Å². The number of hydrogen-bond donors (Lipinski definition) is 2. The molecule has 2 aromatic rings. The van der Waals surface area contributed by atoms with E-state index in [1.54, 1.807) is 7.11 Å². The average Bonchev–Trinajstić information content (AvgIpc) is 2.73. The van der Waals surface area contributed by atoms with Crippen LogP contribution in [0.5, 0.6) is 5.75 Å². The number of methoxy groups -OCH3 is 1. The summed E-state index contributed by atoms with van der Waals surface area (Å²) in [6.45, 7) is 6.28. The molecule has 0 radical (unpaired) electrons. The van der Waals surface area contributed by atoms with E-state index in [4.69, 9.17) is 14.7 Å². The van der Waals surface area contributed by atoms with Gasteiger partial charge < -0.3 is 20.3 Å². The molecule has 3 rings (SSSR count). The van der Waals surface area contributed by atoms with Crippen molar-refractivity contribution in [2.45, 2.75) is 52.0 Å². The Morgan fingerprint density at radius 2 is 2.11 bits per heavy atom. The first-order valence-electron chi connectivity index (χ1n) is 10.3. The molecule has 1 aliphatic heterocycles. The van der Waals surface area contributed by atoms with Gasteiger partial charge in [-0.3, -0.25) is 0 Å². The van der Waals surface area contributed by atoms with Crippen LogP contribution in [0.4, 0.5) is 17.5 Å². The van der Waals surface area contributed by atoms with Crippen LogP contribution in [0.15, 0.2) is 24.3 Å². The van der Waals surface area contributed by atoms with Crippen molar-refractivity contribution in [3.05, 3.63) is 35.5 Å². The van der Waals surface area contributed by atoms with Crippen molar-refractivity contribution in [2.24, 2.45) is 0 Å². The number of benzene rings is 1. The van der Waals surface area contributed by atoms with Crippen molar-refractivity contribution in [1.29, 1.82) is 0 Å². The minimum absolute atomic E-state index is 0.514. The Morgan fingerprint density at radius 1 is 1.25 bits per heavy atom. The van der Waals surface area contributed by atoms with Crippen LogP contribution in [0, 0.1) is 6.92 Å². The Labute approximate surface area is 168 Å². The van der Waals surface area contributed by atoms with Crippen LogP contribution < -0.4 is 20.3 Å². The number of aryl methyl sites for hydroxylation is 2. The van der Waals surface area contributed by atoms with Gasteiger partial charge in [0.05, 0.1) is 7.11 Å². The fourth-order valence-corrected chi connectivity index (χ4v) is 3.63. The lowest BCUT2D eigenvalue weighted by Crippen LogP contribution is -2.44. The van der Waals surface area contributed by atoms with E-state index in [2.05, 4.69) is 28.5 Å². The van der Waals surface area contributed by atoms with Gasteiger partial charge >= 0.3 is 0 Å². The maximum Gasteiger partial charge on any atom is 0.229 e. The molecule has 2 heterocycles. The molecule has 1 atom stereocenters. The molecule has 6 nitrogen and oxygen atoms in total. The summed E-state index contributed by atoms with van der Waals surface area (Å²) in [6, 6.07) is 8.76. The minimum Gasteiger partial charge on any atom is -0.496 e.